The Kier molecular flexibility index (Phi) is 13.2. The monoisotopic (exact) mass is 916 g/mol. The van der Waals surface area contributed by atoms with Crippen LogP contribution in [-0.4, -0.2) is 5.43 Å². The van der Waals surface area contributed by atoms with Crippen molar-refractivity contribution in [3.05, 3.63) is 157 Å². The van der Waals surface area contributed by atoms with E-state index in [-0.39, 0.29) is 30.2 Å². The fourth-order valence-electron chi connectivity index (χ4n) is 12.0. The van der Waals surface area contributed by atoms with Gasteiger partial charge in [-0.25, -0.2) is 0 Å². The van der Waals surface area contributed by atoms with Gasteiger partial charge in [0.25, 0.3) is 0 Å². The zero-order valence-corrected chi connectivity index (χ0v) is 40.2. The van der Waals surface area contributed by atoms with E-state index in [9.17, 15) is 0 Å². The average molecular weight is 919 g/mol. The van der Waals surface area contributed by atoms with Crippen LogP contribution >= 0.6 is 0 Å². The quantitative estimate of drug-likeness (QED) is 0.115. The predicted molar refractivity (Wildman–Crippen MR) is 248 cm³/mol. The minimum absolute atomic E-state index is 0. The molecule has 0 aliphatic heterocycles. The molecule has 4 aliphatic rings. The van der Waals surface area contributed by atoms with Gasteiger partial charge in [-0.3, -0.25) is 0 Å². The number of hydrogen-bond donors (Lipinski definition) is 0. The SMILES string of the molecule is C[Si](C)=[Zr+2].[Cl-].[Cl-].c1ccc2cc(-c3cccc4[cH-]c(CC56CCC(CC5)C6)cc34)ccc2c1.c1ccc2cc(-c3cccc4[cH-]c(CC56CCC(CC5)C6)cc34)ccc2c1. The van der Waals surface area contributed by atoms with E-state index in [0.29, 0.717) is 10.8 Å². The molecule has 0 heterocycles. The zero-order valence-electron chi connectivity index (χ0n) is 35.3. The molecule has 0 aromatic heterocycles. The van der Waals surface area contributed by atoms with Crippen molar-refractivity contribution >= 4 is 48.5 Å². The summed E-state index contributed by atoms with van der Waals surface area (Å²) in [6.45, 7) is 4.62. The first-order valence-electron chi connectivity index (χ1n) is 22.2. The molecule has 0 unspecified atom stereocenters. The van der Waals surface area contributed by atoms with Crippen LogP contribution in [0.1, 0.15) is 75.3 Å². The Balaban J connectivity index is 0.000000148. The van der Waals surface area contributed by atoms with Gasteiger partial charge in [-0.1, -0.05) is 96.1 Å². The van der Waals surface area contributed by atoms with Gasteiger partial charge >= 0.3 is 41.9 Å². The number of benzene rings is 6. The smallest absolute Gasteiger partial charge is 0.0178 e. The molecule has 8 aromatic carbocycles. The Morgan fingerprint density at radius 2 is 0.883 bits per heavy atom. The first kappa shape index (κ1) is 43.4. The molecule has 4 fully saturated rings. The number of hydrogen-bond acceptors (Lipinski definition) is 0. The van der Waals surface area contributed by atoms with Gasteiger partial charge in [-0.15, -0.1) is 69.1 Å². The molecule has 12 rings (SSSR count). The Morgan fingerprint density at radius 1 is 0.500 bits per heavy atom. The first-order valence-corrected chi connectivity index (χ1v) is 28.4. The van der Waals surface area contributed by atoms with Gasteiger partial charge in [0.05, 0.1) is 0 Å². The van der Waals surface area contributed by atoms with Gasteiger partial charge in [0.1, 0.15) is 0 Å². The maximum absolute atomic E-state index is 2.49. The van der Waals surface area contributed by atoms with Crippen LogP contribution < -0.4 is 24.8 Å². The van der Waals surface area contributed by atoms with Gasteiger partial charge in [0.2, 0.25) is 0 Å². The summed E-state index contributed by atoms with van der Waals surface area (Å²) < 4.78 is 0. The Hall–Kier alpha value is -3.26. The van der Waals surface area contributed by atoms with E-state index in [1.54, 1.807) is 34.5 Å². The molecule has 0 saturated heterocycles. The van der Waals surface area contributed by atoms with Crippen LogP contribution in [0, 0.1) is 22.7 Å². The first-order chi connectivity index (χ1) is 28.3. The Labute approximate surface area is 385 Å². The summed E-state index contributed by atoms with van der Waals surface area (Å²) in [5.41, 5.74) is 9.98. The van der Waals surface area contributed by atoms with E-state index in [1.807, 2.05) is 0 Å². The number of halogens is 2. The third-order valence-electron chi connectivity index (χ3n) is 14.7. The molecule has 4 aliphatic carbocycles. The molecule has 60 heavy (non-hydrogen) atoms. The van der Waals surface area contributed by atoms with Crippen LogP contribution in [0.4, 0.5) is 0 Å². The molecule has 0 N–H and O–H groups in total. The van der Waals surface area contributed by atoms with Crippen LogP contribution in [0.15, 0.2) is 146 Å². The molecule has 0 nitrogen and oxygen atoms in total. The van der Waals surface area contributed by atoms with Crippen molar-refractivity contribution in [2.45, 2.75) is 90.1 Å². The van der Waals surface area contributed by atoms with Crippen molar-refractivity contribution in [1.82, 2.24) is 0 Å². The summed E-state index contributed by atoms with van der Waals surface area (Å²) in [6.07, 6.45) is 17.2. The third-order valence-corrected chi connectivity index (χ3v) is 14.7. The normalized spacial score (nSPS) is 22.3. The second kappa shape index (κ2) is 18.2. The van der Waals surface area contributed by atoms with Crippen molar-refractivity contribution in [2.24, 2.45) is 22.7 Å². The molecule has 0 spiro atoms. The minimum atomic E-state index is 0. The standard InChI is InChI=1S/2C27H25.C2H6Si.2ClH.Zr/c2*1-2-5-22-16-24(9-8-21(22)4-1)25-7-3-6-23-14-20(15-26(23)25)18-27-12-10-19(17-27)11-13-27;1-3-2;;;/h2*1-9,14-16,19H,10-13,17-18H2;1-2H3;2*1H;/q2*-1;;;;+2/p-2. The van der Waals surface area contributed by atoms with E-state index in [2.05, 4.69) is 159 Å². The van der Waals surface area contributed by atoms with E-state index < -0.39 is 0 Å². The molecule has 0 radical (unpaired) electrons. The molecule has 4 bridgehead atoms. The second-order valence-corrected chi connectivity index (χ2v) is 28.5. The van der Waals surface area contributed by atoms with Crippen LogP contribution in [0.2, 0.25) is 13.1 Å². The van der Waals surface area contributed by atoms with Crippen molar-refractivity contribution in [3.8, 4) is 22.3 Å². The summed E-state index contributed by atoms with van der Waals surface area (Å²) >= 11 is 1.74. The maximum atomic E-state index is 2.49. The van der Waals surface area contributed by atoms with E-state index in [4.69, 9.17) is 0 Å². The van der Waals surface area contributed by atoms with Crippen molar-refractivity contribution in [2.75, 3.05) is 0 Å². The molecule has 4 heteroatoms. The van der Waals surface area contributed by atoms with Gasteiger partial charge < -0.3 is 24.8 Å². The number of fused-ring (bicyclic) bond motifs is 8. The largest absolute Gasteiger partial charge is 1.00 e. The molecular formula is C56H56Cl2SiZr-2. The fourth-order valence-corrected chi connectivity index (χ4v) is 12.0. The van der Waals surface area contributed by atoms with E-state index >= 15 is 0 Å². The van der Waals surface area contributed by atoms with Crippen LogP contribution in [0.25, 0.3) is 65.3 Å². The summed E-state index contributed by atoms with van der Waals surface area (Å²) in [5.74, 6) is 2.06. The molecule has 4 saturated carbocycles. The summed E-state index contributed by atoms with van der Waals surface area (Å²) in [5, 5.41) is 10.9. The van der Waals surface area contributed by atoms with E-state index in [0.717, 1.165) is 11.8 Å². The summed E-state index contributed by atoms with van der Waals surface area (Å²) in [7, 11) is 0. The topological polar surface area (TPSA) is 0 Å². The summed E-state index contributed by atoms with van der Waals surface area (Å²) in [6, 6.07) is 54.5. The van der Waals surface area contributed by atoms with Gasteiger partial charge in [0.15, 0.2) is 0 Å². The minimum Gasteiger partial charge on any atom is -1.00 e. The molecule has 8 aromatic rings. The zero-order chi connectivity index (χ0) is 39.3. The van der Waals surface area contributed by atoms with Gasteiger partial charge in [0, 0.05) is 0 Å². The maximum Gasteiger partial charge on any atom is -0.0178 e. The van der Waals surface area contributed by atoms with Gasteiger partial charge in [-0.05, 0) is 145 Å². The number of rotatable bonds is 6. The summed E-state index contributed by atoms with van der Waals surface area (Å²) in [4.78, 5) is 0. The third kappa shape index (κ3) is 8.97. The molecule has 304 valence electrons. The van der Waals surface area contributed by atoms with Crippen LogP contribution in [0.5, 0.6) is 0 Å². The second-order valence-electron chi connectivity index (χ2n) is 19.1. The Morgan fingerprint density at radius 3 is 1.25 bits per heavy atom. The predicted octanol–water partition coefficient (Wildman–Crippen LogP) is 9.80. The fraction of sp³-hybridized carbons (Fsp3) is 0.321. The van der Waals surface area contributed by atoms with E-state index in [1.165, 1.54) is 142 Å². The Bertz CT molecular complexity index is 2580. The average Bonchev–Trinajstić information content (AvgIpc) is 4.11. The molecule has 0 amide bonds. The van der Waals surface area contributed by atoms with Crippen LogP contribution in [0.3, 0.4) is 0 Å². The van der Waals surface area contributed by atoms with Crippen molar-refractivity contribution in [1.29, 1.82) is 0 Å². The van der Waals surface area contributed by atoms with Crippen molar-refractivity contribution in [3.63, 3.8) is 0 Å². The van der Waals surface area contributed by atoms with Crippen molar-refractivity contribution < 1.29 is 48.1 Å². The van der Waals surface area contributed by atoms with Crippen LogP contribution in [-0.2, 0) is 36.2 Å². The molecular weight excluding hydrogens is 863 g/mol. The molecule has 0 atom stereocenters. The van der Waals surface area contributed by atoms with Gasteiger partial charge in [-0.2, -0.15) is 12.1 Å².